The summed E-state index contributed by atoms with van der Waals surface area (Å²) in [7, 11) is 0. The SMILES string of the molecule is CC(N)c1cc(Cl)ccc1OCc1ccccc1Br. The van der Waals surface area contributed by atoms with E-state index < -0.39 is 0 Å². The van der Waals surface area contributed by atoms with Crippen LogP contribution in [0.4, 0.5) is 0 Å². The molecule has 0 heterocycles. The summed E-state index contributed by atoms with van der Waals surface area (Å²) in [5.74, 6) is 0.773. The fraction of sp³-hybridized carbons (Fsp3) is 0.200. The fourth-order valence-electron chi connectivity index (χ4n) is 1.78. The Kier molecular flexibility index (Phi) is 4.86. The Labute approximate surface area is 126 Å². The van der Waals surface area contributed by atoms with Crippen molar-refractivity contribution in [2.75, 3.05) is 0 Å². The minimum Gasteiger partial charge on any atom is -0.489 e. The molecule has 0 saturated carbocycles. The van der Waals surface area contributed by atoms with Crippen LogP contribution in [0, 0.1) is 0 Å². The van der Waals surface area contributed by atoms with Crippen molar-refractivity contribution in [2.45, 2.75) is 19.6 Å². The van der Waals surface area contributed by atoms with Crippen LogP contribution in [0.3, 0.4) is 0 Å². The van der Waals surface area contributed by atoms with Crippen molar-refractivity contribution in [1.82, 2.24) is 0 Å². The fourth-order valence-corrected chi connectivity index (χ4v) is 2.36. The van der Waals surface area contributed by atoms with Gasteiger partial charge in [-0.05, 0) is 31.2 Å². The van der Waals surface area contributed by atoms with Gasteiger partial charge in [-0.3, -0.25) is 0 Å². The van der Waals surface area contributed by atoms with Crippen LogP contribution in [0.1, 0.15) is 24.1 Å². The average molecular weight is 341 g/mol. The zero-order valence-electron chi connectivity index (χ0n) is 10.6. The van der Waals surface area contributed by atoms with Crippen LogP contribution < -0.4 is 10.5 Å². The van der Waals surface area contributed by atoms with Crippen LogP contribution in [-0.2, 0) is 6.61 Å². The molecule has 1 unspecified atom stereocenters. The molecule has 2 nitrogen and oxygen atoms in total. The zero-order chi connectivity index (χ0) is 13.8. The van der Waals surface area contributed by atoms with Crippen LogP contribution in [0.15, 0.2) is 46.9 Å². The van der Waals surface area contributed by atoms with Gasteiger partial charge in [-0.15, -0.1) is 0 Å². The highest BCUT2D eigenvalue weighted by molar-refractivity contribution is 9.10. The molecule has 0 aliphatic carbocycles. The van der Waals surface area contributed by atoms with E-state index in [1.54, 1.807) is 0 Å². The van der Waals surface area contributed by atoms with E-state index in [4.69, 9.17) is 22.1 Å². The summed E-state index contributed by atoms with van der Waals surface area (Å²) in [4.78, 5) is 0. The monoisotopic (exact) mass is 339 g/mol. The van der Waals surface area contributed by atoms with Gasteiger partial charge in [0.25, 0.3) is 0 Å². The number of halogens is 2. The van der Waals surface area contributed by atoms with E-state index in [0.717, 1.165) is 21.3 Å². The van der Waals surface area contributed by atoms with E-state index in [0.29, 0.717) is 11.6 Å². The van der Waals surface area contributed by atoms with Crippen molar-refractivity contribution >= 4 is 27.5 Å². The van der Waals surface area contributed by atoms with Crippen LogP contribution in [0.5, 0.6) is 5.75 Å². The van der Waals surface area contributed by atoms with E-state index >= 15 is 0 Å². The molecule has 4 heteroatoms. The largest absolute Gasteiger partial charge is 0.489 e. The topological polar surface area (TPSA) is 35.2 Å². The minimum atomic E-state index is -0.118. The third kappa shape index (κ3) is 3.72. The van der Waals surface area contributed by atoms with Crippen LogP contribution in [0.25, 0.3) is 0 Å². The third-order valence-electron chi connectivity index (χ3n) is 2.80. The summed E-state index contributed by atoms with van der Waals surface area (Å²) in [6.45, 7) is 2.40. The van der Waals surface area contributed by atoms with Gasteiger partial charge in [0.05, 0.1) is 0 Å². The summed E-state index contributed by atoms with van der Waals surface area (Å²) in [5, 5.41) is 0.667. The lowest BCUT2D eigenvalue weighted by molar-refractivity contribution is 0.301. The Morgan fingerprint density at radius 1 is 1.26 bits per heavy atom. The average Bonchev–Trinajstić information content (AvgIpc) is 2.38. The van der Waals surface area contributed by atoms with Gasteiger partial charge in [0.2, 0.25) is 0 Å². The number of ether oxygens (including phenoxy) is 1. The molecule has 2 N–H and O–H groups in total. The molecule has 19 heavy (non-hydrogen) atoms. The normalized spacial score (nSPS) is 12.2. The minimum absolute atomic E-state index is 0.118. The van der Waals surface area contributed by atoms with Crippen LogP contribution in [0.2, 0.25) is 5.02 Å². The quantitative estimate of drug-likeness (QED) is 0.875. The second-order valence-corrected chi connectivity index (χ2v) is 5.64. The van der Waals surface area contributed by atoms with Gasteiger partial charge in [0.1, 0.15) is 12.4 Å². The van der Waals surface area contributed by atoms with Crippen LogP contribution >= 0.6 is 27.5 Å². The van der Waals surface area contributed by atoms with Crippen LogP contribution in [-0.4, -0.2) is 0 Å². The van der Waals surface area contributed by atoms with Crippen molar-refractivity contribution in [1.29, 1.82) is 0 Å². The Hall–Kier alpha value is -1.03. The van der Waals surface area contributed by atoms with Gasteiger partial charge >= 0.3 is 0 Å². The first-order chi connectivity index (χ1) is 9.08. The van der Waals surface area contributed by atoms with Gasteiger partial charge in [0, 0.05) is 26.7 Å². The molecule has 100 valence electrons. The highest BCUT2D eigenvalue weighted by atomic mass is 79.9. The lowest BCUT2D eigenvalue weighted by Crippen LogP contribution is -2.08. The first kappa shape index (κ1) is 14.4. The maximum Gasteiger partial charge on any atom is 0.124 e. The first-order valence-corrected chi connectivity index (χ1v) is 7.16. The molecule has 0 spiro atoms. The Balaban J connectivity index is 2.18. The highest BCUT2D eigenvalue weighted by Crippen LogP contribution is 2.28. The maximum atomic E-state index is 5.98. The molecule has 2 rings (SSSR count). The summed E-state index contributed by atoms with van der Waals surface area (Å²) in [5.41, 5.74) is 7.94. The molecular formula is C15H15BrClNO. The number of hydrogen-bond acceptors (Lipinski definition) is 2. The van der Waals surface area contributed by atoms with E-state index in [1.807, 2.05) is 49.4 Å². The summed E-state index contributed by atoms with van der Waals surface area (Å²) < 4.78 is 6.89. The van der Waals surface area contributed by atoms with Gasteiger partial charge in [-0.2, -0.15) is 0 Å². The second-order valence-electron chi connectivity index (χ2n) is 4.35. The summed E-state index contributed by atoms with van der Waals surface area (Å²) in [6.07, 6.45) is 0. The number of nitrogens with two attached hydrogens (primary N) is 1. The number of benzene rings is 2. The molecule has 0 aromatic heterocycles. The smallest absolute Gasteiger partial charge is 0.124 e. The molecule has 0 saturated heterocycles. The molecule has 0 aliphatic heterocycles. The van der Waals surface area contributed by atoms with E-state index in [1.165, 1.54) is 0 Å². The standard InChI is InChI=1S/C15H15BrClNO/c1-10(18)13-8-12(17)6-7-15(13)19-9-11-4-2-3-5-14(11)16/h2-8,10H,9,18H2,1H3. The van der Waals surface area contributed by atoms with E-state index in [9.17, 15) is 0 Å². The number of rotatable bonds is 4. The third-order valence-corrected chi connectivity index (χ3v) is 3.81. The molecule has 0 radical (unpaired) electrons. The van der Waals surface area contributed by atoms with E-state index in [2.05, 4.69) is 15.9 Å². The molecule has 1 atom stereocenters. The molecule has 2 aromatic carbocycles. The Morgan fingerprint density at radius 2 is 2.00 bits per heavy atom. The first-order valence-electron chi connectivity index (χ1n) is 5.99. The van der Waals surface area contributed by atoms with Crippen molar-refractivity contribution in [3.05, 3.63) is 63.1 Å². The molecule has 0 fully saturated rings. The van der Waals surface area contributed by atoms with Crippen molar-refractivity contribution in [3.63, 3.8) is 0 Å². The molecule has 0 bridgehead atoms. The lowest BCUT2D eigenvalue weighted by atomic mass is 10.1. The Bertz CT molecular complexity index is 572. The maximum absolute atomic E-state index is 5.98. The zero-order valence-corrected chi connectivity index (χ0v) is 12.9. The van der Waals surface area contributed by atoms with Gasteiger partial charge in [-0.25, -0.2) is 0 Å². The van der Waals surface area contributed by atoms with Gasteiger partial charge < -0.3 is 10.5 Å². The summed E-state index contributed by atoms with van der Waals surface area (Å²) >= 11 is 9.49. The molecular weight excluding hydrogens is 326 g/mol. The lowest BCUT2D eigenvalue weighted by Gasteiger charge is -2.15. The summed E-state index contributed by atoms with van der Waals surface area (Å²) in [6, 6.07) is 13.4. The van der Waals surface area contributed by atoms with Crippen molar-refractivity contribution < 1.29 is 4.74 Å². The Morgan fingerprint density at radius 3 is 2.68 bits per heavy atom. The van der Waals surface area contributed by atoms with E-state index in [-0.39, 0.29) is 6.04 Å². The molecule has 0 amide bonds. The molecule has 0 aliphatic rings. The van der Waals surface area contributed by atoms with Crippen molar-refractivity contribution in [2.24, 2.45) is 5.73 Å². The molecule has 2 aromatic rings. The predicted molar refractivity (Wildman–Crippen MR) is 82.5 cm³/mol. The second kappa shape index (κ2) is 6.42. The number of hydrogen-bond donors (Lipinski definition) is 1. The van der Waals surface area contributed by atoms with Gasteiger partial charge in [0.15, 0.2) is 0 Å². The predicted octanol–water partition coefficient (Wildman–Crippen LogP) is 4.70. The highest BCUT2D eigenvalue weighted by Gasteiger charge is 2.09. The van der Waals surface area contributed by atoms with Crippen molar-refractivity contribution in [3.8, 4) is 5.75 Å². The van der Waals surface area contributed by atoms with Gasteiger partial charge in [-0.1, -0.05) is 45.7 Å².